The molecule has 0 N–H and O–H groups in total. The molecule has 0 bridgehead atoms. The first-order valence-corrected chi connectivity index (χ1v) is 8.66. The topological polar surface area (TPSA) is 74.5 Å². The van der Waals surface area contributed by atoms with E-state index in [9.17, 15) is 9.18 Å². The third-order valence-electron chi connectivity index (χ3n) is 3.80. The highest BCUT2D eigenvalue weighted by molar-refractivity contribution is 6.32. The molecule has 3 rings (SSSR count). The van der Waals surface area contributed by atoms with Crippen molar-refractivity contribution in [3.63, 3.8) is 0 Å². The number of halogens is 2. The Morgan fingerprint density at radius 1 is 1.21 bits per heavy atom. The van der Waals surface area contributed by atoms with Crippen LogP contribution in [0.5, 0.6) is 5.75 Å². The van der Waals surface area contributed by atoms with Crippen LogP contribution in [-0.2, 0) is 9.53 Å². The van der Waals surface area contributed by atoms with E-state index in [-0.39, 0.29) is 22.4 Å². The Kier molecular flexibility index (Phi) is 6.06. The number of nitrogens with zero attached hydrogens (tertiary/aromatic N) is 2. The van der Waals surface area contributed by atoms with Gasteiger partial charge in [-0.1, -0.05) is 17.7 Å². The Bertz CT molecular complexity index is 981. The summed E-state index contributed by atoms with van der Waals surface area (Å²) in [5.74, 6) is -0.111. The Balaban J connectivity index is 1.66. The van der Waals surface area contributed by atoms with Gasteiger partial charge in [0, 0.05) is 17.2 Å². The Morgan fingerprint density at radius 2 is 1.96 bits per heavy atom. The van der Waals surface area contributed by atoms with Crippen LogP contribution in [0.15, 0.2) is 53.0 Å². The van der Waals surface area contributed by atoms with Gasteiger partial charge in [-0.15, -0.1) is 10.2 Å². The highest BCUT2D eigenvalue weighted by atomic mass is 35.5. The van der Waals surface area contributed by atoms with E-state index in [1.54, 1.807) is 38.3 Å². The van der Waals surface area contributed by atoms with Gasteiger partial charge in [-0.3, -0.25) is 0 Å². The van der Waals surface area contributed by atoms with Crippen molar-refractivity contribution in [2.45, 2.75) is 13.0 Å². The molecular formula is C20H16ClFN2O4. The van der Waals surface area contributed by atoms with Gasteiger partial charge in [0.15, 0.2) is 6.10 Å². The van der Waals surface area contributed by atoms with E-state index in [0.29, 0.717) is 11.3 Å². The standard InChI is InChI=1S/C20H16ClFN2O4/c1-12(27-18(25)11-10-15-16(21)4-3-5-17(15)22)19-23-24-20(28-19)13-6-8-14(26-2)9-7-13/h3-12H,1-2H3/b11-10+/t12-/m0/s1. The zero-order valence-electron chi connectivity index (χ0n) is 15.1. The number of methoxy groups -OCH3 is 1. The van der Waals surface area contributed by atoms with Gasteiger partial charge in [-0.2, -0.15) is 0 Å². The first kappa shape index (κ1) is 19.6. The summed E-state index contributed by atoms with van der Waals surface area (Å²) in [6.45, 7) is 1.59. The monoisotopic (exact) mass is 402 g/mol. The molecule has 8 heteroatoms. The highest BCUT2D eigenvalue weighted by Gasteiger charge is 2.18. The first-order chi connectivity index (χ1) is 13.5. The molecule has 2 aromatic carbocycles. The first-order valence-electron chi connectivity index (χ1n) is 8.28. The summed E-state index contributed by atoms with van der Waals surface area (Å²) in [4.78, 5) is 12.0. The van der Waals surface area contributed by atoms with Crippen LogP contribution in [0.4, 0.5) is 4.39 Å². The molecule has 1 aromatic heterocycles. The van der Waals surface area contributed by atoms with Crippen molar-refractivity contribution in [2.24, 2.45) is 0 Å². The summed E-state index contributed by atoms with van der Waals surface area (Å²) >= 11 is 5.91. The van der Waals surface area contributed by atoms with E-state index >= 15 is 0 Å². The maximum absolute atomic E-state index is 13.7. The summed E-state index contributed by atoms with van der Waals surface area (Å²) in [7, 11) is 1.57. The van der Waals surface area contributed by atoms with Crippen LogP contribution in [0.25, 0.3) is 17.5 Å². The minimum Gasteiger partial charge on any atom is -0.497 e. The Hall–Kier alpha value is -3.19. The van der Waals surface area contributed by atoms with Crippen molar-refractivity contribution in [2.75, 3.05) is 7.11 Å². The van der Waals surface area contributed by atoms with Gasteiger partial charge in [0.05, 0.1) is 12.1 Å². The van der Waals surface area contributed by atoms with Crippen LogP contribution in [0.1, 0.15) is 24.5 Å². The van der Waals surface area contributed by atoms with Gasteiger partial charge in [-0.25, -0.2) is 9.18 Å². The maximum atomic E-state index is 13.7. The van der Waals surface area contributed by atoms with Gasteiger partial charge in [0.2, 0.25) is 5.89 Å². The lowest BCUT2D eigenvalue weighted by atomic mass is 10.2. The molecule has 0 aliphatic heterocycles. The van der Waals surface area contributed by atoms with Crippen molar-refractivity contribution >= 4 is 23.6 Å². The third kappa shape index (κ3) is 4.55. The summed E-state index contributed by atoms with van der Waals surface area (Å²) < 4.78 is 29.6. The smallest absolute Gasteiger partial charge is 0.331 e. The lowest BCUT2D eigenvalue weighted by Crippen LogP contribution is -2.06. The summed E-state index contributed by atoms with van der Waals surface area (Å²) in [5, 5.41) is 8.05. The largest absolute Gasteiger partial charge is 0.497 e. The van der Waals surface area contributed by atoms with Gasteiger partial charge in [0.1, 0.15) is 11.6 Å². The van der Waals surface area contributed by atoms with Gasteiger partial charge >= 0.3 is 5.97 Å². The lowest BCUT2D eigenvalue weighted by Gasteiger charge is -2.07. The van der Waals surface area contributed by atoms with Crippen LogP contribution >= 0.6 is 11.6 Å². The molecule has 0 aliphatic rings. The molecule has 6 nitrogen and oxygen atoms in total. The zero-order valence-corrected chi connectivity index (χ0v) is 15.8. The quantitative estimate of drug-likeness (QED) is 0.433. The second-order valence-corrected chi connectivity index (χ2v) is 6.13. The van der Waals surface area contributed by atoms with Crippen molar-refractivity contribution in [1.82, 2.24) is 10.2 Å². The molecule has 0 radical (unpaired) electrons. The molecule has 0 spiro atoms. The van der Waals surface area contributed by atoms with Crippen LogP contribution < -0.4 is 4.74 Å². The number of carbonyl (C=O) groups is 1. The molecule has 0 unspecified atom stereocenters. The molecule has 3 aromatic rings. The van der Waals surface area contributed by atoms with Crippen molar-refractivity contribution < 1.29 is 23.1 Å². The van der Waals surface area contributed by atoms with E-state index in [4.69, 9.17) is 25.5 Å². The fourth-order valence-electron chi connectivity index (χ4n) is 2.33. The maximum Gasteiger partial charge on any atom is 0.331 e. The minimum atomic E-state index is -0.784. The van der Waals surface area contributed by atoms with E-state index < -0.39 is 17.9 Å². The normalized spacial score (nSPS) is 12.1. The number of benzene rings is 2. The third-order valence-corrected chi connectivity index (χ3v) is 4.13. The van der Waals surface area contributed by atoms with Crippen molar-refractivity contribution in [3.8, 4) is 17.2 Å². The second-order valence-electron chi connectivity index (χ2n) is 5.72. The number of aromatic nitrogens is 2. The number of carbonyl (C=O) groups excluding carboxylic acids is 1. The Morgan fingerprint density at radius 3 is 2.64 bits per heavy atom. The van der Waals surface area contributed by atoms with Crippen LogP contribution in [0, 0.1) is 5.82 Å². The molecular weight excluding hydrogens is 387 g/mol. The molecule has 0 fully saturated rings. The number of hydrogen-bond acceptors (Lipinski definition) is 6. The van der Waals surface area contributed by atoms with Crippen LogP contribution in [0.2, 0.25) is 5.02 Å². The molecule has 0 amide bonds. The summed E-state index contributed by atoms with van der Waals surface area (Å²) in [6, 6.07) is 11.3. The molecule has 0 aliphatic carbocycles. The van der Waals surface area contributed by atoms with E-state index in [1.807, 2.05) is 0 Å². The van der Waals surface area contributed by atoms with Gasteiger partial charge in [0.25, 0.3) is 5.89 Å². The van der Waals surface area contributed by atoms with Crippen molar-refractivity contribution in [3.05, 3.63) is 70.8 Å². The average Bonchev–Trinajstić information content (AvgIpc) is 3.18. The number of esters is 1. The van der Waals surface area contributed by atoms with E-state index in [1.165, 1.54) is 24.3 Å². The van der Waals surface area contributed by atoms with Gasteiger partial charge < -0.3 is 13.9 Å². The highest BCUT2D eigenvalue weighted by Crippen LogP contribution is 2.25. The van der Waals surface area contributed by atoms with Crippen molar-refractivity contribution in [1.29, 1.82) is 0 Å². The molecule has 1 heterocycles. The number of hydrogen-bond donors (Lipinski definition) is 0. The predicted molar refractivity (Wildman–Crippen MR) is 101 cm³/mol. The molecule has 0 saturated heterocycles. The summed E-state index contributed by atoms with van der Waals surface area (Å²) in [6.07, 6.45) is 1.55. The average molecular weight is 403 g/mol. The van der Waals surface area contributed by atoms with Gasteiger partial charge in [-0.05, 0) is 49.4 Å². The van der Waals surface area contributed by atoms with E-state index in [0.717, 1.165) is 6.08 Å². The fourth-order valence-corrected chi connectivity index (χ4v) is 2.56. The molecule has 28 heavy (non-hydrogen) atoms. The van der Waals surface area contributed by atoms with E-state index in [2.05, 4.69) is 10.2 Å². The van der Waals surface area contributed by atoms with Crippen LogP contribution in [-0.4, -0.2) is 23.3 Å². The zero-order chi connectivity index (χ0) is 20.1. The number of rotatable bonds is 6. The molecule has 1 atom stereocenters. The summed E-state index contributed by atoms with van der Waals surface area (Å²) in [5.41, 5.74) is 0.806. The fraction of sp³-hybridized carbons (Fsp3) is 0.150. The lowest BCUT2D eigenvalue weighted by molar-refractivity contribution is -0.143. The van der Waals surface area contributed by atoms with Crippen LogP contribution in [0.3, 0.4) is 0 Å². The minimum absolute atomic E-state index is 0.105. The Labute approximate surface area is 165 Å². The predicted octanol–water partition coefficient (Wildman–Crippen LogP) is 4.86. The molecule has 0 saturated carbocycles. The molecule has 144 valence electrons. The number of ether oxygens (including phenoxy) is 2. The SMILES string of the molecule is COc1ccc(-c2nnc([C@H](C)OC(=O)/C=C/c3c(F)cccc3Cl)o2)cc1. The second kappa shape index (κ2) is 8.67.